The van der Waals surface area contributed by atoms with Crippen LogP contribution in [0.15, 0.2) is 0 Å². The number of esters is 1. The largest absolute Gasteiger partial charge is 0.456 e. The van der Waals surface area contributed by atoms with E-state index in [0.29, 0.717) is 13.2 Å². The van der Waals surface area contributed by atoms with E-state index in [-0.39, 0.29) is 30.7 Å². The second-order valence-corrected chi connectivity index (χ2v) is 7.85. The first-order chi connectivity index (χ1) is 11.9. The van der Waals surface area contributed by atoms with Crippen LogP contribution >= 0.6 is 0 Å². The molecule has 2 atom stereocenters. The van der Waals surface area contributed by atoms with Crippen LogP contribution in [0.1, 0.15) is 59.3 Å². The van der Waals surface area contributed by atoms with Gasteiger partial charge in [0.25, 0.3) is 5.91 Å². The number of hydrogen-bond acceptors (Lipinski definition) is 5. The SMILES string of the molecule is CC(=O)OCC(=O)N1CCC[C@H](N)[C@@H]1CO[C@H]1CC[C@@H](C(C)C)CC1. The lowest BCUT2D eigenvalue weighted by atomic mass is 9.80. The Hall–Kier alpha value is -1.14. The first-order valence-electron chi connectivity index (χ1n) is 9.68. The first-order valence-corrected chi connectivity index (χ1v) is 9.68. The van der Waals surface area contributed by atoms with Crippen molar-refractivity contribution in [1.82, 2.24) is 4.90 Å². The van der Waals surface area contributed by atoms with Gasteiger partial charge >= 0.3 is 5.97 Å². The zero-order chi connectivity index (χ0) is 18.4. The summed E-state index contributed by atoms with van der Waals surface area (Å²) in [4.78, 5) is 25.1. The zero-order valence-corrected chi connectivity index (χ0v) is 15.9. The van der Waals surface area contributed by atoms with Crippen molar-refractivity contribution in [1.29, 1.82) is 0 Å². The number of carbonyl (C=O) groups excluding carboxylic acids is 2. The van der Waals surface area contributed by atoms with Crippen LogP contribution < -0.4 is 5.73 Å². The quantitative estimate of drug-likeness (QED) is 0.739. The van der Waals surface area contributed by atoms with Crippen LogP contribution in [0.5, 0.6) is 0 Å². The van der Waals surface area contributed by atoms with E-state index < -0.39 is 5.97 Å². The zero-order valence-electron chi connectivity index (χ0n) is 15.9. The van der Waals surface area contributed by atoms with Gasteiger partial charge in [0.1, 0.15) is 0 Å². The highest BCUT2D eigenvalue weighted by Gasteiger charge is 2.34. The third-order valence-electron chi connectivity index (χ3n) is 5.71. The van der Waals surface area contributed by atoms with Crippen molar-refractivity contribution in [2.24, 2.45) is 17.6 Å². The summed E-state index contributed by atoms with van der Waals surface area (Å²) < 4.78 is 11.0. The molecule has 2 fully saturated rings. The number of nitrogens with zero attached hydrogens (tertiary/aromatic N) is 1. The Morgan fingerprint density at radius 3 is 2.44 bits per heavy atom. The molecule has 6 heteroatoms. The van der Waals surface area contributed by atoms with E-state index in [4.69, 9.17) is 15.2 Å². The Bertz CT molecular complexity index is 447. The molecule has 0 spiro atoms. The third-order valence-corrected chi connectivity index (χ3v) is 5.71. The summed E-state index contributed by atoms with van der Waals surface area (Å²) in [6.45, 7) is 6.81. The molecule has 1 saturated heterocycles. The molecular weight excluding hydrogens is 320 g/mol. The van der Waals surface area contributed by atoms with Crippen molar-refractivity contribution in [2.45, 2.75) is 77.5 Å². The van der Waals surface area contributed by atoms with Gasteiger partial charge in [-0.1, -0.05) is 13.8 Å². The monoisotopic (exact) mass is 354 g/mol. The second-order valence-electron chi connectivity index (χ2n) is 7.85. The van der Waals surface area contributed by atoms with Crippen LogP contribution in [0, 0.1) is 11.8 Å². The molecule has 0 aromatic heterocycles. The van der Waals surface area contributed by atoms with E-state index in [2.05, 4.69) is 13.8 Å². The maximum absolute atomic E-state index is 12.4. The molecule has 2 aliphatic rings. The van der Waals surface area contributed by atoms with Gasteiger partial charge in [-0.2, -0.15) is 0 Å². The molecule has 1 aliphatic heterocycles. The van der Waals surface area contributed by atoms with E-state index in [1.807, 2.05) is 0 Å². The lowest BCUT2D eigenvalue weighted by Crippen LogP contribution is -2.57. The molecule has 0 unspecified atom stereocenters. The van der Waals surface area contributed by atoms with Crippen molar-refractivity contribution < 1.29 is 19.1 Å². The average Bonchev–Trinajstić information content (AvgIpc) is 2.58. The number of likely N-dealkylation sites (tertiary alicyclic amines) is 1. The maximum atomic E-state index is 12.4. The summed E-state index contributed by atoms with van der Waals surface area (Å²) in [6, 6.07) is -0.207. The Balaban J connectivity index is 1.84. The lowest BCUT2D eigenvalue weighted by molar-refractivity contribution is -0.153. The van der Waals surface area contributed by atoms with Crippen LogP contribution in [-0.4, -0.2) is 54.7 Å². The summed E-state index contributed by atoms with van der Waals surface area (Å²) in [5, 5.41) is 0. The number of carbonyl (C=O) groups is 2. The van der Waals surface area contributed by atoms with E-state index in [1.165, 1.54) is 19.8 Å². The van der Waals surface area contributed by atoms with Gasteiger partial charge in [0.05, 0.1) is 18.8 Å². The van der Waals surface area contributed by atoms with Gasteiger partial charge in [0.15, 0.2) is 6.61 Å². The Kier molecular flexibility index (Phi) is 7.69. The molecule has 0 radical (unpaired) electrons. The summed E-state index contributed by atoms with van der Waals surface area (Å²) in [6.07, 6.45) is 6.66. The Morgan fingerprint density at radius 2 is 1.84 bits per heavy atom. The lowest BCUT2D eigenvalue weighted by Gasteiger charge is -2.40. The molecule has 1 amide bonds. The number of nitrogens with two attached hydrogens (primary N) is 1. The fraction of sp³-hybridized carbons (Fsp3) is 0.895. The summed E-state index contributed by atoms with van der Waals surface area (Å²) in [5.41, 5.74) is 6.26. The minimum absolute atomic E-state index is 0.0815. The van der Waals surface area contributed by atoms with Crippen LogP contribution in [0.25, 0.3) is 0 Å². The predicted molar refractivity (Wildman–Crippen MR) is 95.9 cm³/mol. The molecule has 6 nitrogen and oxygen atoms in total. The standard InChI is InChI=1S/C19H34N2O4/c1-13(2)15-6-8-16(9-7-15)25-11-18-17(20)5-4-10-21(18)19(23)12-24-14(3)22/h13,15-18H,4-12,20H2,1-3H3/t15-,16+,17-,18-/m0/s1. The molecular formula is C19H34N2O4. The van der Waals surface area contributed by atoms with Crippen LogP contribution in [0.3, 0.4) is 0 Å². The predicted octanol–water partition coefficient (Wildman–Crippen LogP) is 2.10. The number of amides is 1. The average molecular weight is 354 g/mol. The Labute approximate surface area is 151 Å². The molecule has 144 valence electrons. The third kappa shape index (κ3) is 5.96. The van der Waals surface area contributed by atoms with Gasteiger partial charge in [-0.15, -0.1) is 0 Å². The highest BCUT2D eigenvalue weighted by molar-refractivity contribution is 5.80. The fourth-order valence-electron chi connectivity index (χ4n) is 4.01. The Morgan fingerprint density at radius 1 is 1.16 bits per heavy atom. The minimum Gasteiger partial charge on any atom is -0.456 e. The molecule has 0 aromatic carbocycles. The van der Waals surface area contributed by atoms with Crippen molar-refractivity contribution >= 4 is 11.9 Å². The number of rotatable bonds is 6. The van der Waals surface area contributed by atoms with Gasteiger partial charge in [0.2, 0.25) is 0 Å². The van der Waals surface area contributed by atoms with E-state index in [9.17, 15) is 9.59 Å². The summed E-state index contributed by atoms with van der Waals surface area (Å²) in [7, 11) is 0. The molecule has 0 bridgehead atoms. The molecule has 0 aromatic rings. The van der Waals surface area contributed by atoms with Gasteiger partial charge < -0.3 is 20.1 Å². The fourth-order valence-corrected chi connectivity index (χ4v) is 4.01. The van der Waals surface area contributed by atoms with Crippen LogP contribution in [0.2, 0.25) is 0 Å². The molecule has 2 N–H and O–H groups in total. The van der Waals surface area contributed by atoms with Crippen LogP contribution in [-0.2, 0) is 19.1 Å². The topological polar surface area (TPSA) is 81.9 Å². The van der Waals surface area contributed by atoms with Gasteiger partial charge in [0, 0.05) is 19.5 Å². The van der Waals surface area contributed by atoms with E-state index >= 15 is 0 Å². The molecule has 1 heterocycles. The van der Waals surface area contributed by atoms with E-state index in [1.54, 1.807) is 4.90 Å². The minimum atomic E-state index is -0.440. The highest BCUT2D eigenvalue weighted by Crippen LogP contribution is 2.31. The van der Waals surface area contributed by atoms with Gasteiger partial charge in [-0.3, -0.25) is 9.59 Å². The number of hydrogen-bond donors (Lipinski definition) is 1. The second kappa shape index (κ2) is 9.53. The smallest absolute Gasteiger partial charge is 0.303 e. The molecule has 1 saturated carbocycles. The maximum Gasteiger partial charge on any atom is 0.303 e. The summed E-state index contributed by atoms with van der Waals surface area (Å²) >= 11 is 0. The first kappa shape index (κ1) is 20.2. The highest BCUT2D eigenvalue weighted by atomic mass is 16.5. The molecule has 1 aliphatic carbocycles. The number of ether oxygens (including phenoxy) is 2. The number of piperidine rings is 1. The normalized spacial score (nSPS) is 30.4. The summed E-state index contributed by atoms with van der Waals surface area (Å²) in [5.74, 6) is 0.924. The van der Waals surface area contributed by atoms with Gasteiger partial charge in [-0.05, 0) is 50.4 Å². The van der Waals surface area contributed by atoms with E-state index in [0.717, 1.165) is 37.5 Å². The molecule has 25 heavy (non-hydrogen) atoms. The van der Waals surface area contributed by atoms with Crippen molar-refractivity contribution in [3.05, 3.63) is 0 Å². The van der Waals surface area contributed by atoms with Crippen molar-refractivity contribution in [2.75, 3.05) is 19.8 Å². The molecule has 2 rings (SSSR count). The van der Waals surface area contributed by atoms with Crippen molar-refractivity contribution in [3.63, 3.8) is 0 Å². The van der Waals surface area contributed by atoms with Crippen molar-refractivity contribution in [3.8, 4) is 0 Å². The van der Waals surface area contributed by atoms with Gasteiger partial charge in [-0.25, -0.2) is 0 Å². The van der Waals surface area contributed by atoms with Crippen LogP contribution in [0.4, 0.5) is 0 Å².